The van der Waals surface area contributed by atoms with Crippen molar-refractivity contribution in [2.45, 2.75) is 26.1 Å². The number of hydrogen-bond acceptors (Lipinski definition) is 3. The predicted octanol–water partition coefficient (Wildman–Crippen LogP) is 3.82. The standard InChI is InChI=1S/C22H20ClFN4O2/c1-14(15-6-3-2-4-7-15)25-21(29)19-12-20-22(30)27(10-11-28(20)26-19)13-16-17(23)8-5-9-18(16)24/h2-9,12,14H,10-11,13H2,1H3,(H,25,29). The molecule has 0 spiro atoms. The van der Waals surface area contributed by atoms with Crippen LogP contribution in [0.3, 0.4) is 0 Å². The molecule has 0 fully saturated rings. The molecule has 0 saturated carbocycles. The molecule has 3 aromatic rings. The van der Waals surface area contributed by atoms with Crippen LogP contribution in [0.15, 0.2) is 54.6 Å². The number of nitrogens with zero attached hydrogens (tertiary/aromatic N) is 3. The van der Waals surface area contributed by atoms with E-state index in [1.54, 1.807) is 6.07 Å². The van der Waals surface area contributed by atoms with E-state index in [9.17, 15) is 14.0 Å². The third-order valence-corrected chi connectivity index (χ3v) is 5.51. The van der Waals surface area contributed by atoms with Crippen LogP contribution in [0.5, 0.6) is 0 Å². The molecular weight excluding hydrogens is 407 g/mol. The van der Waals surface area contributed by atoms with E-state index < -0.39 is 5.82 Å². The molecule has 154 valence electrons. The smallest absolute Gasteiger partial charge is 0.272 e. The van der Waals surface area contributed by atoms with Gasteiger partial charge in [-0.2, -0.15) is 5.10 Å². The van der Waals surface area contributed by atoms with Gasteiger partial charge in [0.2, 0.25) is 0 Å². The van der Waals surface area contributed by atoms with E-state index in [-0.39, 0.29) is 40.7 Å². The summed E-state index contributed by atoms with van der Waals surface area (Å²) >= 11 is 6.09. The van der Waals surface area contributed by atoms with E-state index in [2.05, 4.69) is 10.4 Å². The van der Waals surface area contributed by atoms with Crippen molar-refractivity contribution < 1.29 is 14.0 Å². The van der Waals surface area contributed by atoms with Gasteiger partial charge in [-0.3, -0.25) is 14.3 Å². The first-order valence-electron chi connectivity index (χ1n) is 9.60. The van der Waals surface area contributed by atoms with Crippen LogP contribution in [0, 0.1) is 5.82 Å². The van der Waals surface area contributed by atoms with Crippen LogP contribution in [0.1, 0.15) is 45.1 Å². The van der Waals surface area contributed by atoms with Crippen LogP contribution in [0.4, 0.5) is 4.39 Å². The highest BCUT2D eigenvalue weighted by Crippen LogP contribution is 2.23. The average Bonchev–Trinajstić information content (AvgIpc) is 3.18. The zero-order valence-corrected chi connectivity index (χ0v) is 17.1. The molecule has 6 nitrogen and oxygen atoms in total. The Bertz CT molecular complexity index is 1080. The Balaban J connectivity index is 1.49. The number of rotatable bonds is 5. The number of benzene rings is 2. The molecule has 1 aromatic heterocycles. The fourth-order valence-electron chi connectivity index (χ4n) is 3.47. The first-order valence-corrected chi connectivity index (χ1v) is 9.97. The van der Waals surface area contributed by atoms with Crippen molar-refractivity contribution in [1.29, 1.82) is 0 Å². The molecule has 1 unspecified atom stereocenters. The Morgan fingerprint density at radius 3 is 2.70 bits per heavy atom. The summed E-state index contributed by atoms with van der Waals surface area (Å²) in [6, 6.07) is 15.3. The Labute approximate surface area is 178 Å². The maximum Gasteiger partial charge on any atom is 0.272 e. The molecule has 0 radical (unpaired) electrons. The van der Waals surface area contributed by atoms with Gasteiger partial charge in [0.1, 0.15) is 11.5 Å². The number of fused-ring (bicyclic) bond motifs is 1. The summed E-state index contributed by atoms with van der Waals surface area (Å²) in [5.41, 5.74) is 1.71. The third-order valence-electron chi connectivity index (χ3n) is 5.16. The largest absolute Gasteiger partial charge is 0.344 e. The van der Waals surface area contributed by atoms with Gasteiger partial charge in [0.15, 0.2) is 5.69 Å². The van der Waals surface area contributed by atoms with Crippen LogP contribution >= 0.6 is 11.6 Å². The van der Waals surface area contributed by atoms with Crippen LogP contribution in [-0.2, 0) is 13.1 Å². The molecule has 30 heavy (non-hydrogen) atoms. The Morgan fingerprint density at radius 1 is 1.20 bits per heavy atom. The monoisotopic (exact) mass is 426 g/mol. The molecule has 0 bridgehead atoms. The molecular formula is C22H20ClFN4O2. The Kier molecular flexibility index (Phi) is 5.55. The number of aromatic nitrogens is 2. The maximum atomic E-state index is 14.1. The zero-order valence-electron chi connectivity index (χ0n) is 16.3. The number of carbonyl (C=O) groups is 2. The average molecular weight is 427 g/mol. The Morgan fingerprint density at radius 2 is 1.97 bits per heavy atom. The molecule has 1 N–H and O–H groups in total. The summed E-state index contributed by atoms with van der Waals surface area (Å²) in [4.78, 5) is 27.0. The lowest BCUT2D eigenvalue weighted by atomic mass is 10.1. The van der Waals surface area contributed by atoms with Gasteiger partial charge in [-0.05, 0) is 24.6 Å². The van der Waals surface area contributed by atoms with Crippen molar-refractivity contribution in [2.24, 2.45) is 0 Å². The lowest BCUT2D eigenvalue weighted by Crippen LogP contribution is -2.40. The highest BCUT2D eigenvalue weighted by molar-refractivity contribution is 6.31. The second kappa shape index (κ2) is 8.28. The summed E-state index contributed by atoms with van der Waals surface area (Å²) in [7, 11) is 0. The molecule has 8 heteroatoms. The van der Waals surface area contributed by atoms with Crippen LogP contribution in [-0.4, -0.2) is 33.0 Å². The van der Waals surface area contributed by atoms with Gasteiger partial charge in [-0.1, -0.05) is 48.0 Å². The highest BCUT2D eigenvalue weighted by atomic mass is 35.5. The van der Waals surface area contributed by atoms with Crippen molar-refractivity contribution in [2.75, 3.05) is 6.54 Å². The van der Waals surface area contributed by atoms with E-state index in [4.69, 9.17) is 11.6 Å². The lowest BCUT2D eigenvalue weighted by molar-refractivity contribution is 0.0681. The van der Waals surface area contributed by atoms with Crippen molar-refractivity contribution in [3.8, 4) is 0 Å². The lowest BCUT2D eigenvalue weighted by Gasteiger charge is -2.27. The van der Waals surface area contributed by atoms with Crippen LogP contribution < -0.4 is 5.32 Å². The van der Waals surface area contributed by atoms with Gasteiger partial charge in [0.25, 0.3) is 11.8 Å². The molecule has 4 rings (SSSR count). The number of amides is 2. The summed E-state index contributed by atoms with van der Waals surface area (Å²) in [6.45, 7) is 2.70. The molecule has 2 heterocycles. The molecule has 1 aliphatic rings. The third kappa shape index (κ3) is 3.93. The van der Waals surface area contributed by atoms with E-state index in [0.29, 0.717) is 18.8 Å². The predicted molar refractivity (Wildman–Crippen MR) is 111 cm³/mol. The minimum Gasteiger partial charge on any atom is -0.344 e. The number of nitrogens with one attached hydrogen (secondary N) is 1. The zero-order chi connectivity index (χ0) is 21.3. The van der Waals surface area contributed by atoms with Gasteiger partial charge < -0.3 is 10.2 Å². The summed E-state index contributed by atoms with van der Waals surface area (Å²) < 4.78 is 15.6. The first-order chi connectivity index (χ1) is 14.4. The topological polar surface area (TPSA) is 67.2 Å². The van der Waals surface area contributed by atoms with E-state index in [1.807, 2.05) is 37.3 Å². The second-order valence-electron chi connectivity index (χ2n) is 7.17. The Hall–Kier alpha value is -3.19. The first kappa shape index (κ1) is 20.1. The van der Waals surface area contributed by atoms with E-state index in [1.165, 1.54) is 27.8 Å². The van der Waals surface area contributed by atoms with Crippen LogP contribution in [0.2, 0.25) is 5.02 Å². The SMILES string of the molecule is CC(NC(=O)c1cc2n(n1)CCN(Cc1c(F)cccc1Cl)C2=O)c1ccccc1. The molecule has 0 saturated heterocycles. The number of halogens is 2. The van der Waals surface area contributed by atoms with Gasteiger partial charge in [0, 0.05) is 23.2 Å². The van der Waals surface area contributed by atoms with Crippen molar-refractivity contribution >= 4 is 23.4 Å². The number of carbonyl (C=O) groups excluding carboxylic acids is 2. The van der Waals surface area contributed by atoms with E-state index in [0.717, 1.165) is 5.56 Å². The fraction of sp³-hybridized carbons (Fsp3) is 0.227. The summed E-state index contributed by atoms with van der Waals surface area (Å²) in [6.07, 6.45) is 0. The summed E-state index contributed by atoms with van der Waals surface area (Å²) in [5, 5.41) is 7.45. The second-order valence-corrected chi connectivity index (χ2v) is 7.58. The minimum atomic E-state index is -0.454. The molecule has 0 aliphatic carbocycles. The maximum absolute atomic E-state index is 14.1. The van der Waals surface area contributed by atoms with Gasteiger partial charge in [0.05, 0.1) is 19.1 Å². The molecule has 2 amide bonds. The fourth-order valence-corrected chi connectivity index (χ4v) is 3.69. The van der Waals surface area contributed by atoms with Gasteiger partial charge in [-0.15, -0.1) is 0 Å². The summed E-state index contributed by atoms with van der Waals surface area (Å²) in [5.74, 6) is -1.13. The van der Waals surface area contributed by atoms with Crippen molar-refractivity contribution in [3.05, 3.63) is 88.0 Å². The normalized spacial score (nSPS) is 14.4. The number of hydrogen-bond donors (Lipinski definition) is 1. The minimum absolute atomic E-state index is 0.0576. The van der Waals surface area contributed by atoms with Gasteiger partial charge >= 0.3 is 0 Å². The van der Waals surface area contributed by atoms with Crippen molar-refractivity contribution in [1.82, 2.24) is 20.0 Å². The van der Waals surface area contributed by atoms with Crippen molar-refractivity contribution in [3.63, 3.8) is 0 Å². The van der Waals surface area contributed by atoms with Gasteiger partial charge in [-0.25, -0.2) is 4.39 Å². The quantitative estimate of drug-likeness (QED) is 0.674. The van der Waals surface area contributed by atoms with Crippen LogP contribution in [0.25, 0.3) is 0 Å². The molecule has 1 atom stereocenters. The highest BCUT2D eigenvalue weighted by Gasteiger charge is 2.29. The van der Waals surface area contributed by atoms with E-state index >= 15 is 0 Å². The molecule has 2 aromatic carbocycles. The molecule has 1 aliphatic heterocycles.